The molecule has 0 aromatic heterocycles. The molecule has 1 heterocycles. The first-order valence-corrected chi connectivity index (χ1v) is 8.36. The number of aliphatic carboxylic acids is 1. The van der Waals surface area contributed by atoms with Gasteiger partial charge in [0.25, 0.3) is 0 Å². The van der Waals surface area contributed by atoms with E-state index in [1.807, 2.05) is 6.07 Å². The molecule has 1 saturated heterocycles. The van der Waals surface area contributed by atoms with Crippen LogP contribution in [0.4, 0.5) is 4.79 Å². The molecular formula is C19H22N2O5. The maximum Gasteiger partial charge on any atom is 0.411 e. The van der Waals surface area contributed by atoms with Gasteiger partial charge in [0.05, 0.1) is 11.6 Å². The Bertz CT molecular complexity index is 758. The van der Waals surface area contributed by atoms with Crippen LogP contribution in [0.1, 0.15) is 56.0 Å². The third kappa shape index (κ3) is 4.02. The lowest BCUT2D eigenvalue weighted by atomic mass is 9.88. The van der Waals surface area contributed by atoms with E-state index in [1.165, 1.54) is 24.3 Å². The fraction of sp³-hybridized carbons (Fsp3) is 0.474. The summed E-state index contributed by atoms with van der Waals surface area (Å²) in [5.41, 5.74) is -1.67. The van der Waals surface area contributed by atoms with Gasteiger partial charge >= 0.3 is 12.1 Å². The minimum Gasteiger partial charge on any atom is -0.479 e. The average Bonchev–Trinajstić information content (AvgIpc) is 2.98. The van der Waals surface area contributed by atoms with Crippen molar-refractivity contribution >= 4 is 17.8 Å². The minimum atomic E-state index is -1.62. The second kappa shape index (κ2) is 7.16. The SMILES string of the molecule is CC(C)(C)OC(=O)N1CCC[C@]1(CC(=O)c1ccc(C#N)cc1)C(=O)O. The van der Waals surface area contributed by atoms with Crippen molar-refractivity contribution in [3.8, 4) is 6.07 Å². The predicted molar refractivity (Wildman–Crippen MR) is 92.6 cm³/mol. The first-order chi connectivity index (χ1) is 12.1. The Morgan fingerprint density at radius 3 is 2.38 bits per heavy atom. The van der Waals surface area contributed by atoms with Gasteiger partial charge in [0.2, 0.25) is 0 Å². The van der Waals surface area contributed by atoms with Gasteiger partial charge in [0.15, 0.2) is 11.3 Å². The number of Topliss-reactive ketones (excluding diaryl/α,β-unsaturated/α-hetero) is 1. The van der Waals surface area contributed by atoms with Crippen molar-refractivity contribution in [1.29, 1.82) is 5.26 Å². The number of likely N-dealkylation sites (tertiary alicyclic amines) is 1. The van der Waals surface area contributed by atoms with Crippen molar-refractivity contribution in [3.63, 3.8) is 0 Å². The van der Waals surface area contributed by atoms with Crippen molar-refractivity contribution in [1.82, 2.24) is 4.90 Å². The molecule has 1 fully saturated rings. The molecule has 7 heteroatoms. The van der Waals surface area contributed by atoms with E-state index in [0.29, 0.717) is 17.5 Å². The maximum absolute atomic E-state index is 12.6. The highest BCUT2D eigenvalue weighted by molar-refractivity contribution is 6.01. The number of benzene rings is 1. The van der Waals surface area contributed by atoms with E-state index in [2.05, 4.69) is 0 Å². The van der Waals surface area contributed by atoms with E-state index < -0.39 is 29.0 Å². The Labute approximate surface area is 152 Å². The number of ether oxygens (including phenoxy) is 1. The Morgan fingerprint density at radius 2 is 1.88 bits per heavy atom. The third-order valence-corrected chi connectivity index (χ3v) is 4.29. The van der Waals surface area contributed by atoms with Crippen molar-refractivity contribution in [2.45, 2.75) is 51.2 Å². The second-order valence-corrected chi connectivity index (χ2v) is 7.36. The van der Waals surface area contributed by atoms with E-state index in [9.17, 15) is 19.5 Å². The molecule has 0 radical (unpaired) electrons. The van der Waals surface area contributed by atoms with Crippen LogP contribution in [0.3, 0.4) is 0 Å². The van der Waals surface area contributed by atoms with Crippen LogP contribution in [0.25, 0.3) is 0 Å². The Morgan fingerprint density at radius 1 is 1.27 bits per heavy atom. The van der Waals surface area contributed by atoms with Crippen molar-refractivity contribution < 1.29 is 24.2 Å². The molecule has 1 aliphatic rings. The summed E-state index contributed by atoms with van der Waals surface area (Å²) >= 11 is 0. The summed E-state index contributed by atoms with van der Waals surface area (Å²) in [5, 5.41) is 18.6. The van der Waals surface area contributed by atoms with Gasteiger partial charge in [-0.2, -0.15) is 5.26 Å². The number of rotatable bonds is 4. The number of carbonyl (C=O) groups excluding carboxylic acids is 2. The molecule has 1 aliphatic heterocycles. The second-order valence-electron chi connectivity index (χ2n) is 7.36. The Kier molecular flexibility index (Phi) is 5.36. The molecule has 0 saturated carbocycles. The zero-order valence-corrected chi connectivity index (χ0v) is 15.1. The lowest BCUT2D eigenvalue weighted by molar-refractivity contribution is -0.149. The predicted octanol–water partition coefficient (Wildman–Crippen LogP) is 2.99. The van der Waals surface area contributed by atoms with Gasteiger partial charge < -0.3 is 9.84 Å². The molecule has 1 aromatic rings. The number of carboxylic acid groups (broad SMARTS) is 1. The summed E-state index contributed by atoms with van der Waals surface area (Å²) in [6, 6.07) is 7.94. The fourth-order valence-electron chi connectivity index (χ4n) is 3.04. The van der Waals surface area contributed by atoms with Crippen LogP contribution in [-0.2, 0) is 9.53 Å². The minimum absolute atomic E-state index is 0.184. The van der Waals surface area contributed by atoms with Crippen LogP contribution in [0.15, 0.2) is 24.3 Å². The normalized spacial score (nSPS) is 19.7. The highest BCUT2D eigenvalue weighted by Crippen LogP contribution is 2.35. The molecule has 0 unspecified atom stereocenters. The Hall–Kier alpha value is -2.88. The highest BCUT2D eigenvalue weighted by atomic mass is 16.6. The third-order valence-electron chi connectivity index (χ3n) is 4.29. The van der Waals surface area contributed by atoms with Gasteiger partial charge in [0, 0.05) is 18.5 Å². The van der Waals surface area contributed by atoms with Gasteiger partial charge in [-0.05, 0) is 45.7 Å². The zero-order valence-electron chi connectivity index (χ0n) is 15.1. The van der Waals surface area contributed by atoms with Gasteiger partial charge in [-0.25, -0.2) is 9.59 Å². The number of carbonyl (C=O) groups is 3. The van der Waals surface area contributed by atoms with Crippen LogP contribution in [0, 0.1) is 11.3 Å². The largest absolute Gasteiger partial charge is 0.479 e. The summed E-state index contributed by atoms with van der Waals surface area (Å²) in [7, 11) is 0. The van der Waals surface area contributed by atoms with Gasteiger partial charge in [-0.15, -0.1) is 0 Å². The molecular weight excluding hydrogens is 336 g/mol. The first-order valence-electron chi connectivity index (χ1n) is 8.36. The van der Waals surface area contributed by atoms with Crippen LogP contribution >= 0.6 is 0 Å². The van der Waals surface area contributed by atoms with E-state index in [4.69, 9.17) is 10.00 Å². The molecule has 7 nitrogen and oxygen atoms in total. The summed E-state index contributed by atoms with van der Waals surface area (Å²) in [6.07, 6.45) is -0.409. The van der Waals surface area contributed by atoms with Crippen LogP contribution in [-0.4, -0.2) is 45.5 Å². The zero-order chi connectivity index (χ0) is 19.5. The molecule has 1 aromatic carbocycles. The topological polar surface area (TPSA) is 108 Å². The molecule has 1 amide bonds. The summed E-state index contributed by atoms with van der Waals surface area (Å²) in [6.45, 7) is 5.32. The number of hydrogen-bond donors (Lipinski definition) is 1. The molecule has 1 atom stereocenters. The number of ketones is 1. The number of amides is 1. The number of nitrogens with zero attached hydrogens (tertiary/aromatic N) is 2. The quantitative estimate of drug-likeness (QED) is 0.829. The van der Waals surface area contributed by atoms with Crippen molar-refractivity contribution in [3.05, 3.63) is 35.4 Å². The molecule has 2 rings (SSSR count). The molecule has 1 N–H and O–H groups in total. The van der Waals surface area contributed by atoms with Crippen LogP contribution < -0.4 is 0 Å². The van der Waals surface area contributed by atoms with E-state index >= 15 is 0 Å². The van der Waals surface area contributed by atoms with Crippen molar-refractivity contribution in [2.75, 3.05) is 6.54 Å². The molecule has 138 valence electrons. The fourth-order valence-corrected chi connectivity index (χ4v) is 3.04. The van der Waals surface area contributed by atoms with Gasteiger partial charge in [-0.1, -0.05) is 12.1 Å². The van der Waals surface area contributed by atoms with Crippen molar-refractivity contribution in [2.24, 2.45) is 0 Å². The van der Waals surface area contributed by atoms with Gasteiger partial charge in [-0.3, -0.25) is 9.69 Å². The Balaban J connectivity index is 2.27. The molecule has 0 spiro atoms. The van der Waals surface area contributed by atoms with Crippen LogP contribution in [0.2, 0.25) is 0 Å². The monoisotopic (exact) mass is 358 g/mol. The smallest absolute Gasteiger partial charge is 0.411 e. The van der Waals surface area contributed by atoms with E-state index in [-0.39, 0.29) is 19.4 Å². The average molecular weight is 358 g/mol. The maximum atomic E-state index is 12.6. The van der Waals surface area contributed by atoms with Gasteiger partial charge in [0.1, 0.15) is 5.60 Å². The lowest BCUT2D eigenvalue weighted by Crippen LogP contribution is -2.55. The molecule has 26 heavy (non-hydrogen) atoms. The summed E-state index contributed by atoms with van der Waals surface area (Å²) in [5.74, 6) is -1.62. The summed E-state index contributed by atoms with van der Waals surface area (Å²) < 4.78 is 5.32. The summed E-state index contributed by atoms with van der Waals surface area (Å²) in [4.78, 5) is 38.3. The standard InChI is InChI=1S/C19H22N2O5/c1-18(2,3)26-17(25)21-10-4-9-19(21,16(23)24)11-15(22)14-7-5-13(12-20)6-8-14/h5-8H,4,9-11H2,1-3H3,(H,23,24)/t19-/m0/s1. The van der Waals surface area contributed by atoms with E-state index in [0.717, 1.165) is 4.90 Å². The lowest BCUT2D eigenvalue weighted by Gasteiger charge is -2.35. The van der Waals surface area contributed by atoms with E-state index in [1.54, 1.807) is 20.8 Å². The highest BCUT2D eigenvalue weighted by Gasteiger charge is 2.52. The molecule has 0 bridgehead atoms. The molecule has 0 aliphatic carbocycles. The van der Waals surface area contributed by atoms with Crippen LogP contribution in [0.5, 0.6) is 0 Å². The number of hydrogen-bond acceptors (Lipinski definition) is 5. The first kappa shape index (κ1) is 19.4. The number of nitriles is 1. The number of carboxylic acids is 1.